The fourth-order valence-electron chi connectivity index (χ4n) is 3.48. The summed E-state index contributed by atoms with van der Waals surface area (Å²) in [5.74, 6) is 0.851. The fraction of sp³-hybridized carbons (Fsp3) is 0.172. The lowest BCUT2D eigenvalue weighted by molar-refractivity contribution is 0.0734. The minimum atomic E-state index is -0.398. The van der Waals surface area contributed by atoms with Gasteiger partial charge in [0.25, 0.3) is 0 Å². The topological polar surface area (TPSA) is 47.9 Å². The predicted molar refractivity (Wildman–Crippen MR) is 134 cm³/mol. The van der Waals surface area contributed by atoms with Gasteiger partial charge in [-0.2, -0.15) is 0 Å². The minimum absolute atomic E-state index is 0.398. The molecule has 0 aromatic heterocycles. The molecule has 0 saturated carbocycles. The molecule has 0 fully saturated rings. The fourth-order valence-corrected chi connectivity index (χ4v) is 3.48. The van der Waals surface area contributed by atoms with Crippen LogP contribution in [0, 0.1) is 0 Å². The van der Waals surface area contributed by atoms with E-state index in [1.165, 1.54) is 0 Å². The van der Waals surface area contributed by atoms with Crippen molar-refractivity contribution in [2.45, 2.75) is 26.2 Å². The SMILES string of the molecule is CCCCCOc1ccc(C(=O)Oc2ccc(C=Nc3cccc4ccccc34)cc2)cc1. The van der Waals surface area contributed by atoms with E-state index in [1.54, 1.807) is 36.4 Å². The van der Waals surface area contributed by atoms with Crippen LogP contribution in [0.2, 0.25) is 0 Å². The summed E-state index contributed by atoms with van der Waals surface area (Å²) in [4.78, 5) is 17.1. The van der Waals surface area contributed by atoms with E-state index in [1.807, 2.05) is 42.6 Å². The van der Waals surface area contributed by atoms with Gasteiger partial charge in [0.05, 0.1) is 17.9 Å². The van der Waals surface area contributed by atoms with Crippen molar-refractivity contribution >= 4 is 28.6 Å². The Bertz CT molecular complexity index is 1220. The van der Waals surface area contributed by atoms with Gasteiger partial charge in [0.15, 0.2) is 0 Å². The van der Waals surface area contributed by atoms with Crippen LogP contribution >= 0.6 is 0 Å². The molecule has 0 spiro atoms. The molecule has 166 valence electrons. The van der Waals surface area contributed by atoms with Crippen LogP contribution in [0.5, 0.6) is 11.5 Å². The molecule has 4 aromatic rings. The third-order valence-electron chi connectivity index (χ3n) is 5.32. The number of esters is 1. The van der Waals surface area contributed by atoms with Crippen LogP contribution in [0.25, 0.3) is 10.8 Å². The Morgan fingerprint density at radius 2 is 1.55 bits per heavy atom. The first-order valence-electron chi connectivity index (χ1n) is 11.3. The van der Waals surface area contributed by atoms with Crippen LogP contribution in [0.1, 0.15) is 42.1 Å². The molecule has 0 aliphatic heterocycles. The molecule has 33 heavy (non-hydrogen) atoms. The van der Waals surface area contributed by atoms with Gasteiger partial charge in [0, 0.05) is 11.6 Å². The summed E-state index contributed by atoms with van der Waals surface area (Å²) >= 11 is 0. The number of carbonyl (C=O) groups excluding carboxylic acids is 1. The van der Waals surface area contributed by atoms with E-state index in [9.17, 15) is 4.79 Å². The second kappa shape index (κ2) is 11.1. The Labute approximate surface area is 194 Å². The lowest BCUT2D eigenvalue weighted by Crippen LogP contribution is -2.08. The molecule has 0 radical (unpaired) electrons. The Morgan fingerprint density at radius 3 is 2.33 bits per heavy atom. The molecule has 4 rings (SSSR count). The first kappa shape index (κ1) is 22.3. The van der Waals surface area contributed by atoms with Crippen molar-refractivity contribution in [2.24, 2.45) is 4.99 Å². The molecule has 0 unspecified atom stereocenters. The van der Waals surface area contributed by atoms with Crippen molar-refractivity contribution in [3.05, 3.63) is 102 Å². The van der Waals surface area contributed by atoms with Gasteiger partial charge < -0.3 is 9.47 Å². The zero-order chi connectivity index (χ0) is 22.9. The third-order valence-corrected chi connectivity index (χ3v) is 5.32. The van der Waals surface area contributed by atoms with E-state index in [0.29, 0.717) is 17.9 Å². The highest BCUT2D eigenvalue weighted by atomic mass is 16.5. The Kier molecular flexibility index (Phi) is 7.49. The number of hydrogen-bond acceptors (Lipinski definition) is 4. The van der Waals surface area contributed by atoms with Crippen molar-refractivity contribution < 1.29 is 14.3 Å². The van der Waals surface area contributed by atoms with Gasteiger partial charge in [0.1, 0.15) is 11.5 Å². The number of carbonyl (C=O) groups is 1. The van der Waals surface area contributed by atoms with Crippen LogP contribution < -0.4 is 9.47 Å². The standard InChI is InChI=1S/C29H27NO3/c1-2-3-6-20-32-25-18-14-24(15-19-25)29(31)33-26-16-12-22(13-17-26)21-30-28-11-7-9-23-8-4-5-10-27(23)28/h4-5,7-19,21H,2-3,6,20H2,1H3. The van der Waals surface area contributed by atoms with Gasteiger partial charge in [-0.1, -0.05) is 56.2 Å². The van der Waals surface area contributed by atoms with Crippen molar-refractivity contribution in [3.63, 3.8) is 0 Å². The van der Waals surface area contributed by atoms with Crippen LogP contribution in [0.4, 0.5) is 5.69 Å². The summed E-state index contributed by atoms with van der Waals surface area (Å²) in [6.07, 6.45) is 5.15. The molecule has 0 aliphatic rings. The average molecular weight is 438 g/mol. The summed E-state index contributed by atoms with van der Waals surface area (Å²) < 4.78 is 11.2. The molecular formula is C29H27NO3. The normalized spacial score (nSPS) is 11.1. The molecule has 0 aliphatic carbocycles. The van der Waals surface area contributed by atoms with Crippen LogP contribution in [0.15, 0.2) is 96.0 Å². The van der Waals surface area contributed by atoms with Crippen LogP contribution in [0.3, 0.4) is 0 Å². The van der Waals surface area contributed by atoms with E-state index in [0.717, 1.165) is 47.0 Å². The van der Waals surface area contributed by atoms with Gasteiger partial charge in [-0.25, -0.2) is 4.79 Å². The molecule has 4 heteroatoms. The Hall–Kier alpha value is -3.92. The zero-order valence-corrected chi connectivity index (χ0v) is 18.7. The third kappa shape index (κ3) is 6.07. The van der Waals surface area contributed by atoms with E-state index < -0.39 is 5.97 Å². The number of benzene rings is 4. The Balaban J connectivity index is 1.35. The minimum Gasteiger partial charge on any atom is -0.494 e. The largest absolute Gasteiger partial charge is 0.494 e. The monoisotopic (exact) mass is 437 g/mol. The number of aliphatic imine (C=N–C) groups is 1. The van der Waals surface area contributed by atoms with Gasteiger partial charge in [-0.05, 0) is 72.0 Å². The molecule has 4 nitrogen and oxygen atoms in total. The van der Waals surface area contributed by atoms with Crippen molar-refractivity contribution in [3.8, 4) is 11.5 Å². The number of ether oxygens (including phenoxy) is 2. The van der Waals surface area contributed by atoms with Gasteiger partial charge in [-0.3, -0.25) is 4.99 Å². The van der Waals surface area contributed by atoms with Gasteiger partial charge >= 0.3 is 5.97 Å². The molecule has 0 atom stereocenters. The summed E-state index contributed by atoms with van der Waals surface area (Å²) in [5.41, 5.74) is 2.33. The van der Waals surface area contributed by atoms with Crippen LogP contribution in [-0.2, 0) is 0 Å². The quantitative estimate of drug-likeness (QED) is 0.119. The highest BCUT2D eigenvalue weighted by molar-refractivity contribution is 5.95. The first-order chi connectivity index (χ1) is 16.2. The summed E-state index contributed by atoms with van der Waals surface area (Å²) in [7, 11) is 0. The summed E-state index contributed by atoms with van der Waals surface area (Å²) in [6, 6.07) is 28.6. The lowest BCUT2D eigenvalue weighted by atomic mass is 10.1. The zero-order valence-electron chi connectivity index (χ0n) is 18.7. The highest BCUT2D eigenvalue weighted by Gasteiger charge is 2.09. The number of nitrogens with zero attached hydrogens (tertiary/aromatic N) is 1. The highest BCUT2D eigenvalue weighted by Crippen LogP contribution is 2.25. The van der Waals surface area contributed by atoms with E-state index >= 15 is 0 Å². The number of rotatable bonds is 9. The van der Waals surface area contributed by atoms with E-state index in [-0.39, 0.29) is 0 Å². The number of fused-ring (bicyclic) bond motifs is 1. The first-order valence-corrected chi connectivity index (χ1v) is 11.3. The molecular weight excluding hydrogens is 410 g/mol. The smallest absolute Gasteiger partial charge is 0.343 e. The van der Waals surface area contributed by atoms with Gasteiger partial charge in [-0.15, -0.1) is 0 Å². The molecule has 0 N–H and O–H groups in total. The number of hydrogen-bond donors (Lipinski definition) is 0. The maximum absolute atomic E-state index is 12.5. The van der Waals surface area contributed by atoms with E-state index in [2.05, 4.69) is 30.1 Å². The van der Waals surface area contributed by atoms with Gasteiger partial charge in [0.2, 0.25) is 0 Å². The summed E-state index contributed by atoms with van der Waals surface area (Å²) in [5, 5.41) is 2.27. The maximum Gasteiger partial charge on any atom is 0.343 e. The second-order valence-electron chi connectivity index (χ2n) is 7.79. The molecule has 4 aromatic carbocycles. The lowest BCUT2D eigenvalue weighted by Gasteiger charge is -2.07. The van der Waals surface area contributed by atoms with Crippen LogP contribution in [-0.4, -0.2) is 18.8 Å². The Morgan fingerprint density at radius 1 is 0.818 bits per heavy atom. The van der Waals surface area contributed by atoms with E-state index in [4.69, 9.17) is 9.47 Å². The maximum atomic E-state index is 12.5. The number of unbranched alkanes of at least 4 members (excludes halogenated alkanes) is 2. The predicted octanol–water partition coefficient (Wildman–Crippen LogP) is 7.38. The molecule has 0 saturated heterocycles. The van der Waals surface area contributed by atoms with Crippen molar-refractivity contribution in [1.29, 1.82) is 0 Å². The molecule has 0 heterocycles. The summed E-state index contributed by atoms with van der Waals surface area (Å²) in [6.45, 7) is 2.85. The van der Waals surface area contributed by atoms with Crippen molar-refractivity contribution in [1.82, 2.24) is 0 Å². The van der Waals surface area contributed by atoms with Crippen molar-refractivity contribution in [2.75, 3.05) is 6.61 Å². The molecule has 0 amide bonds. The average Bonchev–Trinajstić information content (AvgIpc) is 2.86. The molecule has 0 bridgehead atoms. The second-order valence-corrected chi connectivity index (χ2v) is 7.79.